The lowest BCUT2D eigenvalue weighted by Gasteiger charge is -2.10. The number of nitrogens with one attached hydrogen (secondary N) is 2. The van der Waals surface area contributed by atoms with Crippen LogP contribution >= 0.6 is 10.7 Å². The summed E-state index contributed by atoms with van der Waals surface area (Å²) in [6.45, 7) is 4.08. The molecule has 2 N–H and O–H groups in total. The van der Waals surface area contributed by atoms with E-state index in [1.54, 1.807) is 0 Å². The molecule has 6 nitrogen and oxygen atoms in total. The number of hydrogen-bond donors (Lipinski definition) is 2. The molecule has 1 aliphatic carbocycles. The number of aryl methyl sites for hydroxylation is 1. The summed E-state index contributed by atoms with van der Waals surface area (Å²) in [6, 6.07) is 0. The molecule has 8 heteroatoms. The van der Waals surface area contributed by atoms with Crippen LogP contribution in [0, 0.1) is 18.8 Å². The van der Waals surface area contributed by atoms with Crippen molar-refractivity contribution in [2.45, 2.75) is 31.6 Å². The number of halogens is 1. The smallest absolute Gasteiger partial charge is 0.273 e. The molecular weight excluding hydrogens is 290 g/mol. The molecule has 1 amide bonds. The standard InChI is InChI=1S/C11H16ClN3O3S/c1-6(8-3-4-8)5-13-11(16)9-10(19(12,17)18)7(2)14-15-9/h6,8H,3-5H2,1-2H3,(H,13,16)(H,14,15). The van der Waals surface area contributed by atoms with Gasteiger partial charge in [0, 0.05) is 17.2 Å². The Labute approximate surface area is 116 Å². The highest BCUT2D eigenvalue weighted by Gasteiger charge is 2.30. The number of nitrogens with zero attached hydrogens (tertiary/aromatic N) is 1. The van der Waals surface area contributed by atoms with Crippen LogP contribution < -0.4 is 5.32 Å². The zero-order valence-electron chi connectivity index (χ0n) is 10.7. The van der Waals surface area contributed by atoms with Crippen LogP contribution in [0.3, 0.4) is 0 Å². The minimum absolute atomic E-state index is 0.171. The molecule has 0 bridgehead atoms. The van der Waals surface area contributed by atoms with E-state index in [2.05, 4.69) is 22.4 Å². The molecule has 0 aromatic carbocycles. The third-order valence-electron chi connectivity index (χ3n) is 3.36. The van der Waals surface area contributed by atoms with Crippen LogP contribution in [0.2, 0.25) is 0 Å². The second kappa shape index (κ2) is 5.13. The first-order valence-electron chi connectivity index (χ1n) is 6.08. The lowest BCUT2D eigenvalue weighted by molar-refractivity contribution is 0.0938. The Morgan fingerprint density at radius 1 is 1.58 bits per heavy atom. The third kappa shape index (κ3) is 3.27. The topological polar surface area (TPSA) is 91.9 Å². The van der Waals surface area contributed by atoms with Crippen LogP contribution in [0.4, 0.5) is 0 Å². The summed E-state index contributed by atoms with van der Waals surface area (Å²) in [5.41, 5.74) is 0.0888. The van der Waals surface area contributed by atoms with Crippen molar-refractivity contribution in [3.63, 3.8) is 0 Å². The Balaban J connectivity index is 2.11. The van der Waals surface area contributed by atoms with Crippen molar-refractivity contribution in [3.8, 4) is 0 Å². The van der Waals surface area contributed by atoms with E-state index < -0.39 is 15.0 Å². The minimum atomic E-state index is -3.99. The van der Waals surface area contributed by atoms with E-state index in [1.807, 2.05) is 0 Å². The zero-order chi connectivity index (χ0) is 14.2. The van der Waals surface area contributed by atoms with Gasteiger partial charge in [-0.05, 0) is 31.6 Å². The molecule has 1 heterocycles. The summed E-state index contributed by atoms with van der Waals surface area (Å²) in [5.74, 6) is 0.536. The summed E-state index contributed by atoms with van der Waals surface area (Å²) in [7, 11) is 1.32. The fourth-order valence-electron chi connectivity index (χ4n) is 2.04. The highest BCUT2D eigenvalue weighted by Crippen LogP contribution is 2.36. The molecule has 1 atom stereocenters. The summed E-state index contributed by atoms with van der Waals surface area (Å²) < 4.78 is 22.8. The van der Waals surface area contributed by atoms with Crippen molar-refractivity contribution >= 4 is 25.6 Å². The van der Waals surface area contributed by atoms with E-state index in [4.69, 9.17) is 10.7 Å². The van der Waals surface area contributed by atoms with E-state index in [9.17, 15) is 13.2 Å². The molecule has 0 radical (unpaired) electrons. The van der Waals surface area contributed by atoms with Gasteiger partial charge < -0.3 is 5.32 Å². The van der Waals surface area contributed by atoms with Gasteiger partial charge in [0.2, 0.25) is 0 Å². The second-order valence-electron chi connectivity index (χ2n) is 4.99. The van der Waals surface area contributed by atoms with Gasteiger partial charge in [0.1, 0.15) is 4.90 Å². The molecule has 0 spiro atoms. The number of amides is 1. The molecule has 1 aliphatic rings. The van der Waals surface area contributed by atoms with Gasteiger partial charge in [-0.25, -0.2) is 8.42 Å². The summed E-state index contributed by atoms with van der Waals surface area (Å²) >= 11 is 0. The molecule has 0 aliphatic heterocycles. The van der Waals surface area contributed by atoms with Crippen LogP contribution in [0.25, 0.3) is 0 Å². The van der Waals surface area contributed by atoms with Crippen LogP contribution in [0.15, 0.2) is 4.90 Å². The van der Waals surface area contributed by atoms with Gasteiger partial charge in [-0.2, -0.15) is 5.10 Å². The predicted octanol–water partition coefficient (Wildman–Crippen LogP) is 1.42. The Morgan fingerprint density at radius 2 is 2.21 bits per heavy atom. The molecule has 1 fully saturated rings. The normalized spacial score (nSPS) is 17.2. The van der Waals surface area contributed by atoms with Crippen molar-refractivity contribution in [2.75, 3.05) is 6.54 Å². The molecule has 1 aromatic rings. The highest BCUT2D eigenvalue weighted by atomic mass is 35.7. The SMILES string of the molecule is Cc1[nH]nc(C(=O)NCC(C)C2CC2)c1S(=O)(=O)Cl. The van der Waals surface area contributed by atoms with Crippen LogP contribution in [0.5, 0.6) is 0 Å². The summed E-state index contributed by atoms with van der Waals surface area (Å²) in [5, 5.41) is 8.89. The van der Waals surface area contributed by atoms with E-state index in [0.717, 1.165) is 0 Å². The van der Waals surface area contributed by atoms with E-state index in [0.29, 0.717) is 18.4 Å². The van der Waals surface area contributed by atoms with Gasteiger partial charge in [-0.15, -0.1) is 0 Å². The molecule has 2 rings (SSSR count). The van der Waals surface area contributed by atoms with Gasteiger partial charge in [0.15, 0.2) is 5.69 Å². The van der Waals surface area contributed by atoms with Crippen molar-refractivity contribution in [2.24, 2.45) is 11.8 Å². The van der Waals surface area contributed by atoms with Crippen LogP contribution in [-0.4, -0.2) is 31.1 Å². The highest BCUT2D eigenvalue weighted by molar-refractivity contribution is 8.13. The van der Waals surface area contributed by atoms with E-state index in [1.165, 1.54) is 19.8 Å². The van der Waals surface area contributed by atoms with Crippen molar-refractivity contribution in [1.82, 2.24) is 15.5 Å². The van der Waals surface area contributed by atoms with Crippen molar-refractivity contribution in [1.29, 1.82) is 0 Å². The molecule has 1 unspecified atom stereocenters. The van der Waals surface area contributed by atoms with Gasteiger partial charge in [-0.1, -0.05) is 6.92 Å². The van der Waals surface area contributed by atoms with E-state index >= 15 is 0 Å². The number of hydrogen-bond acceptors (Lipinski definition) is 4. The average Bonchev–Trinajstić information content (AvgIpc) is 3.07. The maximum Gasteiger partial charge on any atom is 0.273 e. The molecular formula is C11H16ClN3O3S. The fraction of sp³-hybridized carbons (Fsp3) is 0.636. The Kier molecular flexibility index (Phi) is 3.87. The Hall–Kier alpha value is -1.08. The predicted molar refractivity (Wildman–Crippen MR) is 70.6 cm³/mol. The quantitative estimate of drug-likeness (QED) is 0.805. The zero-order valence-corrected chi connectivity index (χ0v) is 12.3. The Bertz CT molecular complexity index is 592. The minimum Gasteiger partial charge on any atom is -0.350 e. The van der Waals surface area contributed by atoms with Gasteiger partial charge >= 0.3 is 0 Å². The number of carbonyl (C=O) groups is 1. The first-order chi connectivity index (χ1) is 8.80. The second-order valence-corrected chi connectivity index (χ2v) is 7.49. The third-order valence-corrected chi connectivity index (χ3v) is 4.81. The molecule has 1 saturated carbocycles. The first kappa shape index (κ1) is 14.3. The largest absolute Gasteiger partial charge is 0.350 e. The summed E-state index contributed by atoms with van der Waals surface area (Å²) in [6.07, 6.45) is 2.39. The lowest BCUT2D eigenvalue weighted by Crippen LogP contribution is -2.30. The van der Waals surface area contributed by atoms with Gasteiger partial charge in [-0.3, -0.25) is 9.89 Å². The summed E-state index contributed by atoms with van der Waals surface area (Å²) in [4.78, 5) is 11.7. The molecule has 0 saturated heterocycles. The number of carbonyl (C=O) groups excluding carboxylic acids is 1. The fourth-order valence-corrected chi connectivity index (χ4v) is 3.39. The maximum atomic E-state index is 12.0. The van der Waals surface area contributed by atoms with Gasteiger partial charge in [0.25, 0.3) is 15.0 Å². The average molecular weight is 306 g/mol. The van der Waals surface area contributed by atoms with E-state index in [-0.39, 0.29) is 16.3 Å². The van der Waals surface area contributed by atoms with Crippen molar-refractivity contribution in [3.05, 3.63) is 11.4 Å². The van der Waals surface area contributed by atoms with Gasteiger partial charge in [0.05, 0.1) is 5.69 Å². The monoisotopic (exact) mass is 305 g/mol. The maximum absolute atomic E-state index is 12.0. The first-order valence-corrected chi connectivity index (χ1v) is 8.39. The number of H-pyrrole nitrogens is 1. The lowest BCUT2D eigenvalue weighted by atomic mass is 10.1. The molecule has 1 aromatic heterocycles. The van der Waals surface area contributed by atoms with Crippen LogP contribution in [-0.2, 0) is 9.05 Å². The molecule has 106 valence electrons. The van der Waals surface area contributed by atoms with Crippen molar-refractivity contribution < 1.29 is 13.2 Å². The molecule has 19 heavy (non-hydrogen) atoms. The Morgan fingerprint density at radius 3 is 2.74 bits per heavy atom. The van der Waals surface area contributed by atoms with Crippen LogP contribution in [0.1, 0.15) is 35.9 Å². The number of aromatic amines is 1. The number of aromatic nitrogens is 2. The number of rotatable bonds is 5.